The molecule has 2 aromatic carbocycles. The van der Waals surface area contributed by atoms with Gasteiger partial charge < -0.3 is 0 Å². The minimum atomic E-state index is -0.400. The van der Waals surface area contributed by atoms with Gasteiger partial charge in [-0.3, -0.25) is 14.1 Å². The molecule has 0 aliphatic rings. The molecule has 0 aliphatic carbocycles. The van der Waals surface area contributed by atoms with Gasteiger partial charge in [0.25, 0.3) is 0 Å². The average Bonchev–Trinajstić information content (AvgIpc) is 3.57. The second kappa shape index (κ2) is 10.7. The van der Waals surface area contributed by atoms with Gasteiger partial charge in [-0.05, 0) is 47.7 Å². The summed E-state index contributed by atoms with van der Waals surface area (Å²) in [6, 6.07) is 16.6. The summed E-state index contributed by atoms with van der Waals surface area (Å²) >= 11 is 0. The molecule has 5 aromatic rings. The summed E-state index contributed by atoms with van der Waals surface area (Å²) < 4.78 is 18.0. The maximum atomic E-state index is 14.9. The molecule has 0 aliphatic heterocycles. The summed E-state index contributed by atoms with van der Waals surface area (Å²) in [5.41, 5.74) is 5.14. The Morgan fingerprint density at radius 1 is 1.00 bits per heavy atom. The first kappa shape index (κ1) is 24.3. The van der Waals surface area contributed by atoms with Gasteiger partial charge in [0.2, 0.25) is 5.82 Å². The molecule has 0 amide bonds. The van der Waals surface area contributed by atoms with E-state index in [2.05, 4.69) is 32.5 Å². The van der Waals surface area contributed by atoms with Gasteiger partial charge in [0.05, 0.1) is 17.9 Å². The van der Waals surface area contributed by atoms with Gasteiger partial charge in [-0.1, -0.05) is 62.7 Å². The number of hydrogen-bond acceptors (Lipinski definition) is 5. The first-order valence-electron chi connectivity index (χ1n) is 12.5. The molecule has 0 unspecified atom stereocenters. The molecule has 9 heteroatoms. The lowest BCUT2D eigenvalue weighted by atomic mass is 10.0. The summed E-state index contributed by atoms with van der Waals surface area (Å²) in [4.78, 5) is 18.2. The van der Waals surface area contributed by atoms with Gasteiger partial charge in [-0.15, -0.1) is 10.2 Å². The van der Waals surface area contributed by atoms with Crippen LogP contribution >= 0.6 is 0 Å². The Morgan fingerprint density at radius 2 is 1.84 bits per heavy atom. The lowest BCUT2D eigenvalue weighted by Gasteiger charge is -2.10. The predicted molar refractivity (Wildman–Crippen MR) is 140 cm³/mol. The van der Waals surface area contributed by atoms with Crippen molar-refractivity contribution >= 4 is 0 Å². The van der Waals surface area contributed by atoms with E-state index in [0.717, 1.165) is 52.9 Å². The third kappa shape index (κ3) is 4.84. The maximum Gasteiger partial charge on any atom is 0.333 e. The van der Waals surface area contributed by atoms with Crippen LogP contribution in [0.5, 0.6) is 0 Å². The first-order chi connectivity index (χ1) is 18.1. The highest BCUT2D eigenvalue weighted by atomic mass is 19.1. The highest BCUT2D eigenvalue weighted by Gasteiger charge is 2.18. The quantitative estimate of drug-likeness (QED) is 0.310. The Bertz CT molecular complexity index is 1550. The van der Waals surface area contributed by atoms with Crippen molar-refractivity contribution in [3.05, 3.63) is 100 Å². The SMILES string of the molecule is CCCCc1cn(-c2c(F)cccc2CC)c(=O)n1Cc1ccc(-c2ccccc2-c2nn[nH]n2)cn1. The zero-order chi connectivity index (χ0) is 25.8. The fourth-order valence-corrected chi connectivity index (χ4v) is 4.57. The molecule has 0 atom stereocenters. The number of tetrazole rings is 1. The van der Waals surface area contributed by atoms with Crippen LogP contribution in [0.4, 0.5) is 4.39 Å². The minimum Gasteiger partial charge on any atom is -0.290 e. The normalized spacial score (nSPS) is 11.2. The van der Waals surface area contributed by atoms with E-state index < -0.39 is 5.82 Å². The van der Waals surface area contributed by atoms with Crippen molar-refractivity contribution in [3.8, 4) is 28.2 Å². The van der Waals surface area contributed by atoms with Gasteiger partial charge in [0.1, 0.15) is 5.82 Å². The van der Waals surface area contributed by atoms with E-state index in [9.17, 15) is 9.18 Å². The maximum absolute atomic E-state index is 14.9. The predicted octanol–water partition coefficient (Wildman–Crippen LogP) is 4.97. The number of rotatable bonds is 9. The molecule has 3 heterocycles. The van der Waals surface area contributed by atoms with Crippen molar-refractivity contribution in [2.75, 3.05) is 0 Å². The number of aryl methyl sites for hydroxylation is 2. The Hall–Kier alpha value is -4.40. The van der Waals surface area contributed by atoms with Crippen LogP contribution < -0.4 is 5.69 Å². The number of imidazole rings is 1. The number of unbranched alkanes of at least 4 members (excludes halogenated alkanes) is 1. The average molecular weight is 498 g/mol. The number of aromatic amines is 1. The third-order valence-electron chi connectivity index (χ3n) is 6.51. The summed E-state index contributed by atoms with van der Waals surface area (Å²) in [6.45, 7) is 4.37. The van der Waals surface area contributed by atoms with E-state index in [1.807, 2.05) is 49.4 Å². The van der Waals surface area contributed by atoms with E-state index in [1.54, 1.807) is 23.0 Å². The Labute approximate surface area is 213 Å². The van der Waals surface area contributed by atoms with Crippen molar-refractivity contribution in [2.45, 2.75) is 46.1 Å². The van der Waals surface area contributed by atoms with Crippen LogP contribution in [0.2, 0.25) is 0 Å². The largest absolute Gasteiger partial charge is 0.333 e. The van der Waals surface area contributed by atoms with Gasteiger partial charge in [-0.2, -0.15) is 5.21 Å². The molecular formula is C28H28FN7O. The molecule has 3 aromatic heterocycles. The summed E-state index contributed by atoms with van der Waals surface area (Å²) in [7, 11) is 0. The molecule has 0 fully saturated rings. The molecule has 0 saturated heterocycles. The van der Waals surface area contributed by atoms with Gasteiger partial charge in [-0.25, -0.2) is 9.18 Å². The lowest BCUT2D eigenvalue weighted by molar-refractivity contribution is 0.609. The van der Waals surface area contributed by atoms with E-state index in [0.29, 0.717) is 24.5 Å². The van der Waals surface area contributed by atoms with Crippen LogP contribution in [-0.2, 0) is 19.4 Å². The summed E-state index contributed by atoms with van der Waals surface area (Å²) in [5.74, 6) is 0.108. The number of nitrogens with one attached hydrogen (secondary N) is 1. The summed E-state index contributed by atoms with van der Waals surface area (Å²) in [5, 5.41) is 14.4. The lowest BCUT2D eigenvalue weighted by Crippen LogP contribution is -2.26. The van der Waals surface area contributed by atoms with Crippen LogP contribution in [0.1, 0.15) is 43.6 Å². The number of aromatic nitrogens is 7. The molecule has 8 nitrogen and oxygen atoms in total. The zero-order valence-corrected chi connectivity index (χ0v) is 20.9. The van der Waals surface area contributed by atoms with Crippen LogP contribution in [0.15, 0.2) is 71.8 Å². The van der Waals surface area contributed by atoms with Crippen molar-refractivity contribution in [3.63, 3.8) is 0 Å². The van der Waals surface area contributed by atoms with E-state index >= 15 is 0 Å². The standard InChI is InChI=1S/C28H28FN7O/c1-3-5-10-22-18-36(26-19(4-2)9-8-13-25(26)29)28(37)35(22)17-21-15-14-20(16-30-21)23-11-6-7-12-24(23)27-31-33-34-32-27/h6-9,11-16,18H,3-5,10,17H2,1-2H3,(H,31,32,33,34). The smallest absolute Gasteiger partial charge is 0.290 e. The van der Waals surface area contributed by atoms with E-state index in [4.69, 9.17) is 0 Å². The van der Waals surface area contributed by atoms with Crippen molar-refractivity contribution in [2.24, 2.45) is 0 Å². The van der Waals surface area contributed by atoms with E-state index in [-0.39, 0.29) is 5.69 Å². The first-order valence-corrected chi connectivity index (χ1v) is 12.5. The topological polar surface area (TPSA) is 94.3 Å². The molecular weight excluding hydrogens is 469 g/mol. The molecule has 0 spiro atoms. The number of benzene rings is 2. The number of hydrogen-bond donors (Lipinski definition) is 1. The zero-order valence-electron chi connectivity index (χ0n) is 20.9. The fourth-order valence-electron chi connectivity index (χ4n) is 4.57. The molecule has 0 bridgehead atoms. The number of para-hydroxylation sites is 1. The molecule has 0 radical (unpaired) electrons. The third-order valence-corrected chi connectivity index (χ3v) is 6.51. The van der Waals surface area contributed by atoms with Crippen LogP contribution in [-0.4, -0.2) is 34.7 Å². The Morgan fingerprint density at radius 3 is 2.54 bits per heavy atom. The highest BCUT2D eigenvalue weighted by Crippen LogP contribution is 2.29. The minimum absolute atomic E-state index is 0.265. The van der Waals surface area contributed by atoms with Crippen molar-refractivity contribution in [1.82, 2.24) is 34.7 Å². The van der Waals surface area contributed by atoms with Crippen LogP contribution in [0.3, 0.4) is 0 Å². The van der Waals surface area contributed by atoms with Crippen molar-refractivity contribution < 1.29 is 4.39 Å². The van der Waals surface area contributed by atoms with Crippen LogP contribution in [0.25, 0.3) is 28.2 Å². The van der Waals surface area contributed by atoms with Gasteiger partial charge in [0, 0.05) is 29.2 Å². The molecule has 188 valence electrons. The second-order valence-electron chi connectivity index (χ2n) is 8.88. The molecule has 37 heavy (non-hydrogen) atoms. The molecule has 1 N–H and O–H groups in total. The molecule has 5 rings (SSSR count). The number of halogens is 1. The molecule has 0 saturated carbocycles. The Kier molecular flexibility index (Phi) is 7.02. The van der Waals surface area contributed by atoms with Gasteiger partial charge >= 0.3 is 5.69 Å². The second-order valence-corrected chi connectivity index (χ2v) is 8.88. The van der Waals surface area contributed by atoms with Gasteiger partial charge in [0.15, 0.2) is 0 Å². The van der Waals surface area contributed by atoms with Crippen LogP contribution in [0, 0.1) is 5.82 Å². The number of nitrogens with zero attached hydrogens (tertiary/aromatic N) is 6. The monoisotopic (exact) mass is 497 g/mol. The fraction of sp³-hybridized carbons (Fsp3) is 0.250. The van der Waals surface area contributed by atoms with Crippen molar-refractivity contribution in [1.29, 1.82) is 0 Å². The van der Waals surface area contributed by atoms with E-state index in [1.165, 1.54) is 10.6 Å². The number of pyridine rings is 1. The summed E-state index contributed by atoms with van der Waals surface area (Å²) in [6.07, 6.45) is 6.85. The highest BCUT2D eigenvalue weighted by molar-refractivity contribution is 5.79. The number of H-pyrrole nitrogens is 1. The Balaban J connectivity index is 1.50.